The lowest BCUT2D eigenvalue weighted by molar-refractivity contribution is 0.0623. The van der Waals surface area contributed by atoms with Crippen LogP contribution in [0.2, 0.25) is 0 Å². The van der Waals surface area contributed by atoms with Crippen LogP contribution in [0, 0.1) is 5.92 Å². The first kappa shape index (κ1) is 22.0. The smallest absolute Gasteiger partial charge is 0.255 e. The maximum atomic E-state index is 12.7. The van der Waals surface area contributed by atoms with E-state index in [1.165, 1.54) is 12.8 Å². The van der Waals surface area contributed by atoms with Gasteiger partial charge in [0.2, 0.25) is 0 Å². The lowest BCUT2D eigenvalue weighted by atomic mass is 9.99. The van der Waals surface area contributed by atoms with Gasteiger partial charge < -0.3 is 15.5 Å². The molecule has 1 unspecified atom stereocenters. The Balaban J connectivity index is 0.00000156. The summed E-state index contributed by atoms with van der Waals surface area (Å²) < 4.78 is 0. The van der Waals surface area contributed by atoms with Crippen molar-refractivity contribution >= 4 is 36.5 Å². The van der Waals surface area contributed by atoms with Gasteiger partial charge in [-0.05, 0) is 50.2 Å². The Morgan fingerprint density at radius 3 is 2.48 bits per heavy atom. The van der Waals surface area contributed by atoms with Gasteiger partial charge in [0.05, 0.1) is 5.56 Å². The van der Waals surface area contributed by atoms with E-state index >= 15 is 0 Å². The minimum Gasteiger partial charge on any atom is -0.357 e. The fourth-order valence-corrected chi connectivity index (χ4v) is 3.62. The second-order valence-electron chi connectivity index (χ2n) is 6.96. The molecule has 1 atom stereocenters. The number of nitrogens with two attached hydrogens (primary N) is 1. The second-order valence-corrected chi connectivity index (χ2v) is 6.96. The zero-order valence-corrected chi connectivity index (χ0v) is 16.5. The molecule has 0 radical (unpaired) electrons. The summed E-state index contributed by atoms with van der Waals surface area (Å²) in [7, 11) is 0. The second kappa shape index (κ2) is 10.2. The minimum atomic E-state index is 0. The summed E-state index contributed by atoms with van der Waals surface area (Å²) >= 11 is 0. The van der Waals surface area contributed by atoms with Gasteiger partial charge >= 0.3 is 0 Å². The largest absolute Gasteiger partial charge is 0.357 e. The number of carbonyl (C=O) groups is 1. The molecule has 5 nitrogen and oxygen atoms in total. The highest BCUT2D eigenvalue weighted by Crippen LogP contribution is 2.23. The zero-order chi connectivity index (χ0) is 16.2. The van der Waals surface area contributed by atoms with Gasteiger partial charge in [-0.2, -0.15) is 0 Å². The van der Waals surface area contributed by atoms with Crippen LogP contribution >= 0.6 is 24.8 Å². The average Bonchev–Trinajstić information content (AvgIpc) is 2.62. The number of likely N-dealkylation sites (tertiary alicyclic amines) is 1. The first-order valence-electron chi connectivity index (χ1n) is 8.91. The van der Waals surface area contributed by atoms with Gasteiger partial charge in [0.15, 0.2) is 0 Å². The average molecular weight is 389 g/mol. The quantitative estimate of drug-likeness (QED) is 0.863. The van der Waals surface area contributed by atoms with E-state index in [1.807, 2.05) is 17.0 Å². The standard InChI is InChI=1S/C18H28N4O.2ClH/c1-14-7-10-21(11-8-14)17-6-5-15(13-20-17)18(23)22-9-3-2-4-16(22)12-19;;/h5-6,13-14,16H,2-4,7-12,19H2,1H3;2*1H. The molecule has 0 saturated carbocycles. The first-order chi connectivity index (χ1) is 11.2. The lowest BCUT2D eigenvalue weighted by Crippen LogP contribution is -2.47. The highest BCUT2D eigenvalue weighted by atomic mass is 35.5. The number of anilines is 1. The van der Waals surface area contributed by atoms with Gasteiger partial charge in [0, 0.05) is 38.4 Å². The number of rotatable bonds is 3. The molecule has 0 bridgehead atoms. The molecule has 3 rings (SSSR count). The van der Waals surface area contributed by atoms with Crippen molar-refractivity contribution in [2.45, 2.75) is 45.1 Å². The van der Waals surface area contributed by atoms with E-state index in [0.717, 1.165) is 50.6 Å². The van der Waals surface area contributed by atoms with Crippen LogP contribution in [-0.4, -0.2) is 48.0 Å². The summed E-state index contributed by atoms with van der Waals surface area (Å²) in [6, 6.07) is 4.09. The SMILES string of the molecule is CC1CCN(c2ccc(C(=O)N3CCCCC3CN)cn2)CC1.Cl.Cl. The van der Waals surface area contributed by atoms with Crippen molar-refractivity contribution in [2.75, 3.05) is 31.1 Å². The Hall–Kier alpha value is -1.04. The van der Waals surface area contributed by atoms with Crippen LogP contribution in [0.4, 0.5) is 5.82 Å². The number of nitrogens with zero attached hydrogens (tertiary/aromatic N) is 3. The Kier molecular flexibility index (Phi) is 8.97. The number of carbonyl (C=O) groups excluding carboxylic acids is 1. The monoisotopic (exact) mass is 388 g/mol. The Morgan fingerprint density at radius 1 is 1.16 bits per heavy atom. The third-order valence-electron chi connectivity index (χ3n) is 5.26. The molecule has 1 aromatic rings. The van der Waals surface area contributed by atoms with Crippen LogP contribution in [-0.2, 0) is 0 Å². The molecular weight excluding hydrogens is 359 g/mol. The number of amides is 1. The molecule has 1 aromatic heterocycles. The van der Waals surface area contributed by atoms with Gasteiger partial charge in [-0.3, -0.25) is 4.79 Å². The number of hydrogen-bond acceptors (Lipinski definition) is 4. The molecule has 7 heteroatoms. The predicted molar refractivity (Wildman–Crippen MR) is 107 cm³/mol. The fourth-order valence-electron chi connectivity index (χ4n) is 3.62. The Bertz CT molecular complexity index is 532. The highest BCUT2D eigenvalue weighted by Gasteiger charge is 2.26. The molecule has 1 amide bonds. The number of aromatic nitrogens is 1. The van der Waals surface area contributed by atoms with Crippen molar-refractivity contribution in [3.8, 4) is 0 Å². The Morgan fingerprint density at radius 2 is 1.88 bits per heavy atom. The van der Waals surface area contributed by atoms with E-state index in [4.69, 9.17) is 5.73 Å². The third-order valence-corrected chi connectivity index (χ3v) is 5.26. The zero-order valence-electron chi connectivity index (χ0n) is 14.9. The summed E-state index contributed by atoms with van der Waals surface area (Å²) in [6.45, 7) is 5.78. The van der Waals surface area contributed by atoms with Gasteiger partial charge in [-0.15, -0.1) is 24.8 Å². The molecule has 25 heavy (non-hydrogen) atoms. The van der Waals surface area contributed by atoms with Crippen molar-refractivity contribution in [1.82, 2.24) is 9.88 Å². The molecular formula is C18H30Cl2N4O. The normalized spacial score (nSPS) is 21.3. The maximum Gasteiger partial charge on any atom is 0.255 e. The van der Waals surface area contributed by atoms with E-state index in [0.29, 0.717) is 12.1 Å². The molecule has 3 heterocycles. The fraction of sp³-hybridized carbons (Fsp3) is 0.667. The molecule has 2 N–H and O–H groups in total. The molecule has 2 aliphatic heterocycles. The van der Waals surface area contributed by atoms with E-state index < -0.39 is 0 Å². The van der Waals surface area contributed by atoms with Crippen molar-refractivity contribution < 1.29 is 4.79 Å². The van der Waals surface area contributed by atoms with Crippen LogP contribution in [0.5, 0.6) is 0 Å². The van der Waals surface area contributed by atoms with Gasteiger partial charge in [0.1, 0.15) is 5.82 Å². The third kappa shape index (κ3) is 5.22. The van der Waals surface area contributed by atoms with Crippen LogP contribution in [0.3, 0.4) is 0 Å². The lowest BCUT2D eigenvalue weighted by Gasteiger charge is -2.35. The molecule has 0 aromatic carbocycles. The van der Waals surface area contributed by atoms with E-state index in [9.17, 15) is 4.79 Å². The van der Waals surface area contributed by atoms with Gasteiger partial charge in [-0.25, -0.2) is 4.98 Å². The molecule has 0 spiro atoms. The molecule has 2 saturated heterocycles. The van der Waals surface area contributed by atoms with Crippen LogP contribution in [0.25, 0.3) is 0 Å². The van der Waals surface area contributed by atoms with Crippen molar-refractivity contribution in [1.29, 1.82) is 0 Å². The summed E-state index contributed by atoms with van der Waals surface area (Å²) in [5.74, 6) is 1.87. The molecule has 142 valence electrons. The molecule has 0 aliphatic carbocycles. The van der Waals surface area contributed by atoms with E-state index in [-0.39, 0.29) is 36.8 Å². The van der Waals surface area contributed by atoms with Gasteiger partial charge in [-0.1, -0.05) is 6.92 Å². The van der Waals surface area contributed by atoms with Crippen LogP contribution < -0.4 is 10.6 Å². The molecule has 2 fully saturated rings. The number of piperidine rings is 2. The van der Waals surface area contributed by atoms with Crippen LogP contribution in [0.15, 0.2) is 18.3 Å². The summed E-state index contributed by atoms with van der Waals surface area (Å²) in [4.78, 5) is 21.5. The van der Waals surface area contributed by atoms with Gasteiger partial charge in [0.25, 0.3) is 5.91 Å². The van der Waals surface area contributed by atoms with E-state index in [2.05, 4.69) is 16.8 Å². The summed E-state index contributed by atoms with van der Waals surface area (Å²) in [5.41, 5.74) is 6.51. The first-order valence-corrected chi connectivity index (χ1v) is 8.91. The number of hydrogen-bond donors (Lipinski definition) is 1. The highest BCUT2D eigenvalue weighted by molar-refractivity contribution is 5.94. The van der Waals surface area contributed by atoms with Crippen LogP contribution in [0.1, 0.15) is 49.4 Å². The summed E-state index contributed by atoms with van der Waals surface area (Å²) in [5, 5.41) is 0. The minimum absolute atomic E-state index is 0. The van der Waals surface area contributed by atoms with Crippen molar-refractivity contribution in [3.63, 3.8) is 0 Å². The maximum absolute atomic E-state index is 12.7. The van der Waals surface area contributed by atoms with E-state index in [1.54, 1.807) is 6.20 Å². The summed E-state index contributed by atoms with van der Waals surface area (Å²) in [6.07, 6.45) is 7.41. The molecule has 2 aliphatic rings. The van der Waals surface area contributed by atoms with Crippen molar-refractivity contribution in [2.24, 2.45) is 11.7 Å². The predicted octanol–water partition coefficient (Wildman–Crippen LogP) is 3.11. The Labute approximate surface area is 163 Å². The van der Waals surface area contributed by atoms with Crippen molar-refractivity contribution in [3.05, 3.63) is 23.9 Å². The topological polar surface area (TPSA) is 62.5 Å². The number of halogens is 2. The number of pyridine rings is 1.